The Morgan fingerprint density at radius 2 is 2.05 bits per heavy atom. The second-order valence-electron chi connectivity index (χ2n) is 5.46. The lowest BCUT2D eigenvalue weighted by molar-refractivity contribution is -0.128. The second kappa shape index (κ2) is 5.63. The number of nitrogens with zero attached hydrogens (tertiary/aromatic N) is 1. The number of nitrogens with one attached hydrogen (secondary N) is 2. The number of carbonyl (C=O) groups excluding carboxylic acids is 1. The van der Waals surface area contributed by atoms with E-state index in [0.29, 0.717) is 17.6 Å². The summed E-state index contributed by atoms with van der Waals surface area (Å²) in [7, 11) is 1.57. The molecule has 6 heteroatoms. The zero-order valence-corrected chi connectivity index (χ0v) is 12.1. The molecule has 0 fully saturated rings. The smallest absolute Gasteiger partial charge is 0.227 e. The zero-order valence-electron chi connectivity index (χ0n) is 12.1. The van der Waals surface area contributed by atoms with Crippen LogP contribution in [0.15, 0.2) is 24.4 Å². The highest BCUT2D eigenvalue weighted by molar-refractivity contribution is 5.91. The number of hydrogen-bond donors (Lipinski definition) is 2. The van der Waals surface area contributed by atoms with Crippen LogP contribution in [0.3, 0.4) is 0 Å². The lowest BCUT2D eigenvalue weighted by Gasteiger charge is -2.23. The van der Waals surface area contributed by atoms with Crippen LogP contribution < -0.4 is 10.6 Å². The first-order valence-corrected chi connectivity index (χ1v) is 6.55. The number of amides is 1. The van der Waals surface area contributed by atoms with Crippen LogP contribution in [-0.4, -0.2) is 24.5 Å². The van der Waals surface area contributed by atoms with E-state index in [1.165, 1.54) is 12.3 Å². The van der Waals surface area contributed by atoms with Crippen molar-refractivity contribution in [3.05, 3.63) is 36.0 Å². The minimum absolute atomic E-state index is 0.0964. The van der Waals surface area contributed by atoms with Crippen LogP contribution >= 0.6 is 0 Å². The van der Waals surface area contributed by atoms with Crippen LogP contribution in [-0.2, 0) is 4.79 Å². The molecule has 0 spiro atoms. The fourth-order valence-electron chi connectivity index (χ4n) is 2.07. The van der Waals surface area contributed by atoms with Crippen molar-refractivity contribution < 1.29 is 13.6 Å². The quantitative estimate of drug-likeness (QED) is 0.911. The predicted molar refractivity (Wildman–Crippen MR) is 78.0 cm³/mol. The zero-order chi connectivity index (χ0) is 15.6. The van der Waals surface area contributed by atoms with Gasteiger partial charge in [0.15, 0.2) is 5.82 Å². The van der Waals surface area contributed by atoms with E-state index in [-0.39, 0.29) is 11.4 Å². The number of carbonyl (C=O) groups is 1. The van der Waals surface area contributed by atoms with Crippen LogP contribution in [0.2, 0.25) is 0 Å². The highest BCUT2D eigenvalue weighted by atomic mass is 19.1. The molecule has 2 rings (SSSR count). The Labute approximate surface area is 121 Å². The Morgan fingerprint density at radius 3 is 2.71 bits per heavy atom. The van der Waals surface area contributed by atoms with Crippen molar-refractivity contribution in [3.63, 3.8) is 0 Å². The van der Waals surface area contributed by atoms with E-state index >= 15 is 0 Å². The molecule has 0 aliphatic heterocycles. The van der Waals surface area contributed by atoms with Crippen LogP contribution in [0.5, 0.6) is 0 Å². The molecule has 21 heavy (non-hydrogen) atoms. The van der Waals surface area contributed by atoms with E-state index in [9.17, 15) is 13.6 Å². The van der Waals surface area contributed by atoms with Crippen molar-refractivity contribution in [2.75, 3.05) is 18.9 Å². The summed E-state index contributed by atoms with van der Waals surface area (Å²) in [5, 5.41) is 6.00. The first-order chi connectivity index (χ1) is 9.85. The summed E-state index contributed by atoms with van der Waals surface area (Å²) in [6.07, 6.45) is 1.44. The molecular weight excluding hydrogens is 276 g/mol. The average Bonchev–Trinajstić information content (AvgIpc) is 2.44. The normalized spacial score (nSPS) is 11.5. The summed E-state index contributed by atoms with van der Waals surface area (Å²) in [6.45, 7) is 3.89. The summed E-state index contributed by atoms with van der Waals surface area (Å²) >= 11 is 0. The minimum atomic E-state index is -0.709. The molecule has 2 aromatic rings. The van der Waals surface area contributed by atoms with Gasteiger partial charge in [-0.1, -0.05) is 0 Å². The van der Waals surface area contributed by atoms with Gasteiger partial charge in [0.25, 0.3) is 0 Å². The van der Waals surface area contributed by atoms with Crippen molar-refractivity contribution >= 4 is 22.5 Å². The van der Waals surface area contributed by atoms with Crippen LogP contribution in [0.25, 0.3) is 10.9 Å². The van der Waals surface area contributed by atoms with Gasteiger partial charge in [0.2, 0.25) is 5.91 Å². The van der Waals surface area contributed by atoms with Crippen molar-refractivity contribution in [2.45, 2.75) is 13.8 Å². The van der Waals surface area contributed by atoms with Gasteiger partial charge >= 0.3 is 0 Å². The van der Waals surface area contributed by atoms with Gasteiger partial charge in [0.05, 0.1) is 5.41 Å². The van der Waals surface area contributed by atoms with Crippen LogP contribution in [0, 0.1) is 17.0 Å². The molecular formula is C15H17F2N3O. The molecule has 0 saturated heterocycles. The Kier molecular flexibility index (Phi) is 4.06. The van der Waals surface area contributed by atoms with Gasteiger partial charge in [0.1, 0.15) is 11.3 Å². The van der Waals surface area contributed by atoms with E-state index in [1.807, 2.05) is 0 Å². The third-order valence-electron chi connectivity index (χ3n) is 3.33. The van der Waals surface area contributed by atoms with Crippen molar-refractivity contribution in [3.8, 4) is 0 Å². The lowest BCUT2D eigenvalue weighted by Crippen LogP contribution is -2.39. The number of pyridine rings is 1. The van der Waals surface area contributed by atoms with Crippen molar-refractivity contribution in [1.29, 1.82) is 0 Å². The van der Waals surface area contributed by atoms with Crippen molar-refractivity contribution in [2.24, 2.45) is 5.41 Å². The number of halogens is 2. The van der Waals surface area contributed by atoms with Crippen molar-refractivity contribution in [1.82, 2.24) is 10.3 Å². The monoisotopic (exact) mass is 293 g/mol. The minimum Gasteiger partial charge on any atom is -0.383 e. The molecule has 0 aliphatic rings. The van der Waals surface area contributed by atoms with E-state index < -0.39 is 17.0 Å². The molecule has 112 valence electrons. The van der Waals surface area contributed by atoms with E-state index in [1.54, 1.807) is 27.0 Å². The first kappa shape index (κ1) is 15.2. The van der Waals surface area contributed by atoms with Gasteiger partial charge in [-0.05, 0) is 26.0 Å². The third-order valence-corrected chi connectivity index (χ3v) is 3.33. The molecule has 1 amide bonds. The number of rotatable bonds is 4. The fraction of sp³-hybridized carbons (Fsp3) is 0.333. The van der Waals surface area contributed by atoms with Gasteiger partial charge in [-0.25, -0.2) is 8.78 Å². The SMILES string of the molecule is CNC(=O)C(C)(C)CNc1ccnc2c(F)cc(F)cc12. The fourth-order valence-corrected chi connectivity index (χ4v) is 2.07. The second-order valence-corrected chi connectivity index (χ2v) is 5.46. The summed E-state index contributed by atoms with van der Waals surface area (Å²) in [6, 6.07) is 3.65. The maximum Gasteiger partial charge on any atom is 0.227 e. The third kappa shape index (κ3) is 3.09. The van der Waals surface area contributed by atoms with Gasteiger partial charge in [0, 0.05) is 36.9 Å². The number of hydrogen-bond acceptors (Lipinski definition) is 3. The van der Waals surface area contributed by atoms with E-state index in [0.717, 1.165) is 6.07 Å². The molecule has 4 nitrogen and oxygen atoms in total. The Hall–Kier alpha value is -2.24. The molecule has 1 heterocycles. The highest BCUT2D eigenvalue weighted by Gasteiger charge is 2.26. The Bertz CT molecular complexity index is 686. The number of anilines is 1. The molecule has 2 N–H and O–H groups in total. The van der Waals surface area contributed by atoms with E-state index in [2.05, 4.69) is 15.6 Å². The number of benzene rings is 1. The first-order valence-electron chi connectivity index (χ1n) is 6.55. The highest BCUT2D eigenvalue weighted by Crippen LogP contribution is 2.26. The number of fused-ring (bicyclic) bond motifs is 1. The van der Waals surface area contributed by atoms with Gasteiger partial charge in [-0.15, -0.1) is 0 Å². The maximum atomic E-state index is 13.7. The Morgan fingerprint density at radius 1 is 1.33 bits per heavy atom. The summed E-state index contributed by atoms with van der Waals surface area (Å²) in [5.74, 6) is -1.49. The molecule has 0 aliphatic carbocycles. The Balaban J connectivity index is 2.33. The molecule has 1 aromatic carbocycles. The molecule has 1 aromatic heterocycles. The summed E-state index contributed by atoms with van der Waals surface area (Å²) in [4.78, 5) is 15.7. The van der Waals surface area contributed by atoms with Gasteiger partial charge in [-0.3, -0.25) is 9.78 Å². The summed E-state index contributed by atoms with van der Waals surface area (Å²) < 4.78 is 27.1. The predicted octanol–water partition coefficient (Wildman–Crippen LogP) is 2.70. The van der Waals surface area contributed by atoms with Gasteiger partial charge < -0.3 is 10.6 Å². The number of aromatic nitrogens is 1. The topological polar surface area (TPSA) is 54.0 Å². The molecule has 0 atom stereocenters. The van der Waals surface area contributed by atoms with Gasteiger partial charge in [-0.2, -0.15) is 0 Å². The molecule has 0 radical (unpaired) electrons. The lowest BCUT2D eigenvalue weighted by atomic mass is 9.92. The van der Waals surface area contributed by atoms with Crippen LogP contribution in [0.1, 0.15) is 13.8 Å². The summed E-state index contributed by atoms with van der Waals surface area (Å²) in [5.41, 5.74) is -0.0227. The van der Waals surface area contributed by atoms with E-state index in [4.69, 9.17) is 0 Å². The average molecular weight is 293 g/mol. The molecule has 0 unspecified atom stereocenters. The molecule has 0 bridgehead atoms. The standard InChI is InChI=1S/C15H17F2N3O/c1-15(2,14(21)18-3)8-20-12-4-5-19-13-10(12)6-9(16)7-11(13)17/h4-7H,8H2,1-3H3,(H,18,21)(H,19,20). The van der Waals surface area contributed by atoms with Crippen LogP contribution in [0.4, 0.5) is 14.5 Å². The molecule has 0 saturated carbocycles. The maximum absolute atomic E-state index is 13.7. The largest absolute Gasteiger partial charge is 0.383 e.